The topological polar surface area (TPSA) is 59.1 Å². The lowest BCUT2D eigenvalue weighted by atomic mass is 9.89. The smallest absolute Gasteiger partial charge is 0.0831 e. The SMILES string of the molecule is CC(C)CC(CN)C(O)c1ccncc1. The van der Waals surface area contributed by atoms with Crippen LogP contribution in [-0.4, -0.2) is 16.6 Å². The van der Waals surface area contributed by atoms with Crippen LogP contribution >= 0.6 is 0 Å². The van der Waals surface area contributed by atoms with Crippen molar-refractivity contribution in [2.24, 2.45) is 17.6 Å². The zero-order valence-corrected chi connectivity index (χ0v) is 9.43. The Balaban J connectivity index is 2.69. The van der Waals surface area contributed by atoms with Gasteiger partial charge in [0.15, 0.2) is 0 Å². The third-order valence-electron chi connectivity index (χ3n) is 2.57. The molecule has 0 fully saturated rings. The van der Waals surface area contributed by atoms with Crippen molar-refractivity contribution in [2.75, 3.05) is 6.54 Å². The summed E-state index contributed by atoms with van der Waals surface area (Å²) in [4.78, 5) is 3.93. The molecule has 1 heterocycles. The summed E-state index contributed by atoms with van der Waals surface area (Å²) in [6, 6.07) is 3.68. The molecule has 1 aromatic heterocycles. The second-order valence-electron chi connectivity index (χ2n) is 4.35. The van der Waals surface area contributed by atoms with Crippen LogP contribution in [0.4, 0.5) is 0 Å². The van der Waals surface area contributed by atoms with Crippen molar-refractivity contribution in [3.63, 3.8) is 0 Å². The summed E-state index contributed by atoms with van der Waals surface area (Å²) in [5, 5.41) is 10.1. The number of hydrogen-bond acceptors (Lipinski definition) is 3. The molecule has 0 saturated heterocycles. The average molecular weight is 208 g/mol. The lowest BCUT2D eigenvalue weighted by Crippen LogP contribution is -2.23. The first-order valence-corrected chi connectivity index (χ1v) is 5.43. The van der Waals surface area contributed by atoms with Gasteiger partial charge in [-0.2, -0.15) is 0 Å². The van der Waals surface area contributed by atoms with E-state index in [2.05, 4.69) is 18.8 Å². The van der Waals surface area contributed by atoms with E-state index in [0.29, 0.717) is 12.5 Å². The molecule has 15 heavy (non-hydrogen) atoms. The summed E-state index contributed by atoms with van der Waals surface area (Å²) in [6.45, 7) is 4.80. The normalized spacial score (nSPS) is 15.3. The van der Waals surface area contributed by atoms with E-state index in [0.717, 1.165) is 12.0 Å². The van der Waals surface area contributed by atoms with Crippen LogP contribution in [0.25, 0.3) is 0 Å². The van der Waals surface area contributed by atoms with E-state index in [9.17, 15) is 5.11 Å². The molecule has 0 aliphatic rings. The summed E-state index contributed by atoms with van der Waals surface area (Å²) in [5.74, 6) is 0.683. The van der Waals surface area contributed by atoms with E-state index in [1.54, 1.807) is 12.4 Å². The predicted molar refractivity (Wildman–Crippen MR) is 61.2 cm³/mol. The molecule has 2 atom stereocenters. The van der Waals surface area contributed by atoms with Crippen molar-refractivity contribution in [1.29, 1.82) is 0 Å². The summed E-state index contributed by atoms with van der Waals surface area (Å²) < 4.78 is 0. The van der Waals surface area contributed by atoms with Gasteiger partial charge in [-0.15, -0.1) is 0 Å². The molecule has 0 aliphatic carbocycles. The fourth-order valence-electron chi connectivity index (χ4n) is 1.79. The van der Waals surface area contributed by atoms with Gasteiger partial charge in [-0.25, -0.2) is 0 Å². The summed E-state index contributed by atoms with van der Waals surface area (Å²) in [5.41, 5.74) is 6.59. The molecule has 0 radical (unpaired) electrons. The molecule has 0 aromatic carbocycles. The van der Waals surface area contributed by atoms with Crippen LogP contribution in [0.3, 0.4) is 0 Å². The Morgan fingerprint density at radius 1 is 1.33 bits per heavy atom. The summed E-state index contributed by atoms with van der Waals surface area (Å²) in [6.07, 6.45) is 3.86. The molecule has 84 valence electrons. The van der Waals surface area contributed by atoms with Gasteiger partial charge in [0.2, 0.25) is 0 Å². The minimum atomic E-state index is -0.472. The Labute approximate surface area is 91.3 Å². The molecule has 1 rings (SSSR count). The number of aliphatic hydroxyl groups is 1. The maximum Gasteiger partial charge on any atom is 0.0831 e. The van der Waals surface area contributed by atoms with Gasteiger partial charge in [0.1, 0.15) is 0 Å². The van der Waals surface area contributed by atoms with Crippen molar-refractivity contribution in [2.45, 2.75) is 26.4 Å². The van der Waals surface area contributed by atoms with Gasteiger partial charge in [-0.1, -0.05) is 13.8 Å². The van der Waals surface area contributed by atoms with Gasteiger partial charge in [-0.3, -0.25) is 4.98 Å². The van der Waals surface area contributed by atoms with Crippen LogP contribution in [0.5, 0.6) is 0 Å². The van der Waals surface area contributed by atoms with Crippen molar-refractivity contribution in [1.82, 2.24) is 4.98 Å². The van der Waals surface area contributed by atoms with Crippen molar-refractivity contribution >= 4 is 0 Å². The molecule has 3 N–H and O–H groups in total. The molecule has 0 spiro atoms. The Bertz CT molecular complexity index is 274. The van der Waals surface area contributed by atoms with Gasteiger partial charge in [0.25, 0.3) is 0 Å². The predicted octanol–water partition coefficient (Wildman–Crippen LogP) is 1.74. The zero-order valence-electron chi connectivity index (χ0n) is 9.43. The minimum Gasteiger partial charge on any atom is -0.388 e. The molecular formula is C12H20N2O. The first-order chi connectivity index (χ1) is 7.15. The Morgan fingerprint density at radius 2 is 1.93 bits per heavy atom. The van der Waals surface area contributed by atoms with E-state index < -0.39 is 6.10 Å². The van der Waals surface area contributed by atoms with E-state index >= 15 is 0 Å². The molecule has 0 bridgehead atoms. The molecule has 0 aliphatic heterocycles. The number of aromatic nitrogens is 1. The maximum atomic E-state index is 10.1. The number of pyridine rings is 1. The first kappa shape index (κ1) is 12.1. The lowest BCUT2D eigenvalue weighted by Gasteiger charge is -2.23. The molecule has 0 amide bonds. The van der Waals surface area contributed by atoms with Gasteiger partial charge in [0, 0.05) is 18.3 Å². The summed E-state index contributed by atoms with van der Waals surface area (Å²) in [7, 11) is 0. The number of rotatable bonds is 5. The molecule has 3 heteroatoms. The van der Waals surface area contributed by atoms with Crippen molar-refractivity contribution in [3.05, 3.63) is 30.1 Å². The van der Waals surface area contributed by atoms with Crippen molar-refractivity contribution in [3.8, 4) is 0 Å². The highest BCUT2D eigenvalue weighted by atomic mass is 16.3. The van der Waals surface area contributed by atoms with Crippen LogP contribution in [0.15, 0.2) is 24.5 Å². The minimum absolute atomic E-state index is 0.132. The largest absolute Gasteiger partial charge is 0.388 e. The fraction of sp³-hybridized carbons (Fsp3) is 0.583. The highest BCUT2D eigenvalue weighted by Crippen LogP contribution is 2.25. The average Bonchev–Trinajstić information content (AvgIpc) is 2.26. The lowest BCUT2D eigenvalue weighted by molar-refractivity contribution is 0.0994. The Hall–Kier alpha value is -0.930. The number of nitrogens with two attached hydrogens (primary N) is 1. The monoisotopic (exact) mass is 208 g/mol. The Morgan fingerprint density at radius 3 is 2.40 bits per heavy atom. The second-order valence-corrected chi connectivity index (χ2v) is 4.35. The van der Waals surface area contributed by atoms with Gasteiger partial charge >= 0.3 is 0 Å². The van der Waals surface area contributed by atoms with E-state index in [1.807, 2.05) is 12.1 Å². The number of hydrogen-bond donors (Lipinski definition) is 2. The van der Waals surface area contributed by atoms with E-state index in [1.165, 1.54) is 0 Å². The molecular weight excluding hydrogens is 188 g/mol. The van der Waals surface area contributed by atoms with Crippen LogP contribution in [-0.2, 0) is 0 Å². The molecule has 1 aromatic rings. The molecule has 2 unspecified atom stereocenters. The van der Waals surface area contributed by atoms with Gasteiger partial charge in [-0.05, 0) is 36.6 Å². The van der Waals surface area contributed by atoms with Gasteiger partial charge in [0.05, 0.1) is 6.10 Å². The quantitative estimate of drug-likeness (QED) is 0.774. The first-order valence-electron chi connectivity index (χ1n) is 5.43. The highest BCUT2D eigenvalue weighted by molar-refractivity contribution is 5.14. The van der Waals surface area contributed by atoms with Crippen molar-refractivity contribution < 1.29 is 5.11 Å². The summed E-state index contributed by atoms with van der Waals surface area (Å²) >= 11 is 0. The second kappa shape index (κ2) is 5.83. The Kier molecular flexibility index (Phi) is 4.72. The van der Waals surface area contributed by atoms with E-state index in [4.69, 9.17) is 5.73 Å². The van der Waals surface area contributed by atoms with Crippen LogP contribution < -0.4 is 5.73 Å². The molecule has 0 saturated carbocycles. The standard InChI is InChI=1S/C12H20N2O/c1-9(2)7-11(8-13)12(15)10-3-5-14-6-4-10/h3-6,9,11-12,15H,7-8,13H2,1-2H3. The number of nitrogens with zero attached hydrogens (tertiary/aromatic N) is 1. The fourth-order valence-corrected chi connectivity index (χ4v) is 1.79. The third kappa shape index (κ3) is 3.61. The van der Waals surface area contributed by atoms with Gasteiger partial charge < -0.3 is 10.8 Å². The maximum absolute atomic E-state index is 10.1. The van der Waals surface area contributed by atoms with Crippen LogP contribution in [0, 0.1) is 11.8 Å². The number of aliphatic hydroxyl groups excluding tert-OH is 1. The highest BCUT2D eigenvalue weighted by Gasteiger charge is 2.20. The molecule has 3 nitrogen and oxygen atoms in total. The third-order valence-corrected chi connectivity index (χ3v) is 2.57. The van der Waals surface area contributed by atoms with E-state index in [-0.39, 0.29) is 5.92 Å². The van der Waals surface area contributed by atoms with Crippen LogP contribution in [0.2, 0.25) is 0 Å². The zero-order chi connectivity index (χ0) is 11.3. The van der Waals surface area contributed by atoms with Crippen LogP contribution in [0.1, 0.15) is 31.9 Å².